The zero-order chi connectivity index (χ0) is 29.8. The van der Waals surface area contributed by atoms with Crippen LogP contribution in [0.25, 0.3) is 0 Å². The zero-order valence-corrected chi connectivity index (χ0v) is 25.0. The van der Waals surface area contributed by atoms with Crippen LogP contribution in [0.1, 0.15) is 28.2 Å². The molecule has 0 N–H and O–H groups in total. The van der Waals surface area contributed by atoms with E-state index < -0.39 is 5.41 Å². The second kappa shape index (κ2) is 11.2. The van der Waals surface area contributed by atoms with Crippen molar-refractivity contribution in [2.75, 3.05) is 52.9 Å². The van der Waals surface area contributed by atoms with E-state index in [9.17, 15) is 0 Å². The molecule has 8 heteroatoms. The number of rotatable bonds is 14. The van der Waals surface area contributed by atoms with Gasteiger partial charge in [0.2, 0.25) is 0 Å². The predicted molar refractivity (Wildman–Crippen MR) is 165 cm³/mol. The maximum absolute atomic E-state index is 6.40. The monoisotopic (exact) mass is 608 g/mol. The zero-order valence-electron chi connectivity index (χ0n) is 25.0. The van der Waals surface area contributed by atoms with Crippen LogP contribution in [0.5, 0.6) is 23.0 Å². The molecule has 6 aliphatic rings. The summed E-state index contributed by atoms with van der Waals surface area (Å²) in [6.07, 6.45) is 9.54. The van der Waals surface area contributed by atoms with Crippen LogP contribution in [-0.2, 0) is 24.4 Å². The van der Waals surface area contributed by atoms with Crippen molar-refractivity contribution in [2.45, 2.75) is 35.7 Å². The van der Waals surface area contributed by atoms with Crippen molar-refractivity contribution in [2.24, 2.45) is 5.92 Å². The van der Waals surface area contributed by atoms with E-state index >= 15 is 0 Å². The first-order valence-electron chi connectivity index (χ1n) is 16.0. The first-order valence-corrected chi connectivity index (χ1v) is 16.0. The highest BCUT2D eigenvalue weighted by molar-refractivity contribution is 5.65. The van der Waals surface area contributed by atoms with E-state index in [2.05, 4.69) is 85.0 Å². The molecule has 4 fully saturated rings. The molecule has 6 atom stereocenters. The van der Waals surface area contributed by atoms with E-state index in [0.29, 0.717) is 49.4 Å². The van der Waals surface area contributed by atoms with Gasteiger partial charge < -0.3 is 37.9 Å². The molecule has 0 bridgehead atoms. The molecule has 0 spiro atoms. The molecule has 4 aliphatic heterocycles. The first-order chi connectivity index (χ1) is 22.3. The number of hydrogen-bond acceptors (Lipinski definition) is 8. The maximum atomic E-state index is 6.40. The number of hydrogen-bond donors (Lipinski definition) is 0. The van der Waals surface area contributed by atoms with Crippen LogP contribution < -0.4 is 18.9 Å². The standard InChI is InChI=1S/C37H36O8/c1-3-7-31-29(5-1)30-6-2-4-8-32(30)37(31,23-9-11-33(42-19-25-15-38-25)35(13-23)44-21-27-17-40-27)24-10-12-34(43-20-26-16-39-26)36(14-24)45-22-28-18-41-28/h1-14,25-29,31H,15-22H2. The summed E-state index contributed by atoms with van der Waals surface area (Å²) in [5, 5.41) is 0. The Morgan fingerprint density at radius 3 is 1.53 bits per heavy atom. The third kappa shape index (κ3) is 5.40. The number of ether oxygens (including phenoxy) is 8. The summed E-state index contributed by atoms with van der Waals surface area (Å²) in [5.41, 5.74) is 4.30. The molecule has 0 amide bonds. The second-order valence-corrected chi connectivity index (χ2v) is 12.6. The summed E-state index contributed by atoms with van der Waals surface area (Å²) in [5.74, 6) is 3.19. The van der Waals surface area contributed by atoms with Crippen molar-refractivity contribution in [3.8, 4) is 23.0 Å². The molecule has 6 unspecified atom stereocenters. The van der Waals surface area contributed by atoms with Crippen molar-refractivity contribution in [1.82, 2.24) is 0 Å². The van der Waals surface area contributed by atoms with Crippen LogP contribution in [-0.4, -0.2) is 77.3 Å². The summed E-state index contributed by atoms with van der Waals surface area (Å²) in [6, 6.07) is 21.7. The molecule has 45 heavy (non-hydrogen) atoms. The number of benzene rings is 3. The van der Waals surface area contributed by atoms with Crippen LogP contribution in [0.4, 0.5) is 0 Å². The Kier molecular flexibility index (Phi) is 6.85. The van der Waals surface area contributed by atoms with Gasteiger partial charge in [-0.3, -0.25) is 0 Å². The fraction of sp³-hybridized carbons (Fsp3) is 0.405. The van der Waals surface area contributed by atoms with E-state index in [0.717, 1.165) is 37.6 Å². The topological polar surface area (TPSA) is 87.0 Å². The van der Waals surface area contributed by atoms with Gasteiger partial charge in [0, 0.05) is 11.8 Å². The number of allylic oxidation sites excluding steroid dienone is 4. The lowest BCUT2D eigenvalue weighted by atomic mass is 9.63. The molecule has 3 aromatic carbocycles. The van der Waals surface area contributed by atoms with Crippen molar-refractivity contribution < 1.29 is 37.9 Å². The Bertz CT molecular complexity index is 1550. The third-order valence-corrected chi connectivity index (χ3v) is 9.49. The molecule has 0 aromatic heterocycles. The smallest absolute Gasteiger partial charge is 0.161 e. The van der Waals surface area contributed by atoms with Gasteiger partial charge in [-0.1, -0.05) is 60.7 Å². The molecule has 8 nitrogen and oxygen atoms in total. The molecule has 4 saturated heterocycles. The highest BCUT2D eigenvalue weighted by atomic mass is 16.6. The van der Waals surface area contributed by atoms with Crippen LogP contribution in [0.3, 0.4) is 0 Å². The Hall–Kier alpha value is -3.82. The van der Waals surface area contributed by atoms with Gasteiger partial charge in [0.05, 0.1) is 31.8 Å². The van der Waals surface area contributed by atoms with Crippen molar-refractivity contribution >= 4 is 0 Å². The number of epoxide rings is 4. The van der Waals surface area contributed by atoms with E-state index in [1.807, 2.05) is 0 Å². The summed E-state index contributed by atoms with van der Waals surface area (Å²) in [4.78, 5) is 0. The lowest BCUT2D eigenvalue weighted by Gasteiger charge is -2.39. The van der Waals surface area contributed by atoms with Crippen LogP contribution in [0.2, 0.25) is 0 Å². The minimum Gasteiger partial charge on any atom is -0.487 e. The van der Waals surface area contributed by atoms with Gasteiger partial charge in [0.25, 0.3) is 0 Å². The van der Waals surface area contributed by atoms with Gasteiger partial charge in [0.15, 0.2) is 23.0 Å². The Balaban J connectivity index is 1.19. The Labute approximate surface area is 262 Å². The van der Waals surface area contributed by atoms with Crippen LogP contribution >= 0.6 is 0 Å². The average Bonchev–Trinajstić information content (AvgIpc) is 3.88. The van der Waals surface area contributed by atoms with E-state index in [4.69, 9.17) is 37.9 Å². The predicted octanol–water partition coefficient (Wildman–Crippen LogP) is 4.97. The SMILES string of the molecule is C1=CC2c3ccccc3C(c3ccc(OCC4CO4)c(OCC4CO4)c3)(c3ccc(OCC4CO4)c(OCC4CO4)c3)C2C=C1. The maximum Gasteiger partial charge on any atom is 0.161 e. The molecule has 232 valence electrons. The fourth-order valence-electron chi connectivity index (χ4n) is 6.87. The molecule has 0 saturated carbocycles. The van der Waals surface area contributed by atoms with Crippen LogP contribution in [0.15, 0.2) is 85.0 Å². The molecular weight excluding hydrogens is 572 g/mol. The molecular formula is C37H36O8. The normalized spacial score (nSPS) is 31.1. The van der Waals surface area contributed by atoms with Gasteiger partial charge in [-0.2, -0.15) is 0 Å². The second-order valence-electron chi connectivity index (χ2n) is 12.6. The van der Waals surface area contributed by atoms with Crippen molar-refractivity contribution in [1.29, 1.82) is 0 Å². The highest BCUT2D eigenvalue weighted by Crippen LogP contribution is 2.60. The van der Waals surface area contributed by atoms with E-state index in [1.165, 1.54) is 11.1 Å². The molecule has 4 heterocycles. The van der Waals surface area contributed by atoms with E-state index in [-0.39, 0.29) is 36.3 Å². The lowest BCUT2D eigenvalue weighted by molar-refractivity contribution is 0.227. The van der Waals surface area contributed by atoms with Gasteiger partial charge >= 0.3 is 0 Å². The molecule has 9 rings (SSSR count). The minimum absolute atomic E-state index is 0.119. The summed E-state index contributed by atoms with van der Waals surface area (Å²) < 4.78 is 47.0. The Morgan fingerprint density at radius 1 is 0.556 bits per heavy atom. The van der Waals surface area contributed by atoms with Gasteiger partial charge in [-0.15, -0.1) is 0 Å². The average molecular weight is 609 g/mol. The van der Waals surface area contributed by atoms with Gasteiger partial charge in [0.1, 0.15) is 50.8 Å². The highest BCUT2D eigenvalue weighted by Gasteiger charge is 2.53. The largest absolute Gasteiger partial charge is 0.487 e. The quantitative estimate of drug-likeness (QED) is 0.237. The van der Waals surface area contributed by atoms with Crippen molar-refractivity contribution in [3.05, 3.63) is 107 Å². The van der Waals surface area contributed by atoms with Gasteiger partial charge in [-0.25, -0.2) is 0 Å². The lowest BCUT2D eigenvalue weighted by Crippen LogP contribution is -2.35. The van der Waals surface area contributed by atoms with Gasteiger partial charge in [-0.05, 0) is 46.5 Å². The third-order valence-electron chi connectivity index (χ3n) is 9.49. The Morgan fingerprint density at radius 2 is 1.02 bits per heavy atom. The van der Waals surface area contributed by atoms with E-state index in [1.54, 1.807) is 0 Å². The summed E-state index contributed by atoms with van der Waals surface area (Å²) in [6.45, 7) is 4.88. The minimum atomic E-state index is -0.541. The summed E-state index contributed by atoms with van der Waals surface area (Å²) >= 11 is 0. The first kappa shape index (κ1) is 27.5. The van der Waals surface area contributed by atoms with Crippen LogP contribution in [0, 0.1) is 5.92 Å². The molecule has 3 aromatic rings. The molecule has 2 aliphatic carbocycles. The number of fused-ring (bicyclic) bond motifs is 3. The fourth-order valence-corrected chi connectivity index (χ4v) is 6.87. The van der Waals surface area contributed by atoms with Crippen molar-refractivity contribution in [3.63, 3.8) is 0 Å². The summed E-state index contributed by atoms with van der Waals surface area (Å²) in [7, 11) is 0. The molecule has 0 radical (unpaired) electrons.